The molecule has 2 aromatic carbocycles. The molecule has 0 aromatic heterocycles. The molecule has 2 heteroatoms. The molecule has 0 radical (unpaired) electrons. The third-order valence-corrected chi connectivity index (χ3v) is 7.76. The summed E-state index contributed by atoms with van der Waals surface area (Å²) in [4.78, 5) is 5.21. The van der Waals surface area contributed by atoms with Gasteiger partial charge in [-0.2, -0.15) is 0 Å². The van der Waals surface area contributed by atoms with Crippen molar-refractivity contribution in [2.75, 3.05) is 11.9 Å². The van der Waals surface area contributed by atoms with E-state index in [1.807, 2.05) is 11.8 Å². The van der Waals surface area contributed by atoms with Crippen LogP contribution in [0.1, 0.15) is 102 Å². The van der Waals surface area contributed by atoms with Crippen LogP contribution in [0, 0.1) is 0 Å². The standard InChI is InChI=1S/C29H43NS/c1-4-6-8-10-12-14-16-24-18-20-28-26(22-24)30(3)27-23-25(19-21-29(27)31-28)17-15-13-11-9-7-5-2/h18-23H,4-17H2,1-3H3. The van der Waals surface area contributed by atoms with Crippen LogP contribution in [0.2, 0.25) is 0 Å². The lowest BCUT2D eigenvalue weighted by molar-refractivity contribution is 0.607. The molecule has 0 fully saturated rings. The Morgan fingerprint density at radius 1 is 0.581 bits per heavy atom. The van der Waals surface area contributed by atoms with Crippen LogP contribution in [0.15, 0.2) is 46.2 Å². The highest BCUT2D eigenvalue weighted by atomic mass is 32.2. The van der Waals surface area contributed by atoms with Crippen LogP contribution in [0.5, 0.6) is 0 Å². The lowest BCUT2D eigenvalue weighted by atomic mass is 10.0. The van der Waals surface area contributed by atoms with Crippen LogP contribution in [0.3, 0.4) is 0 Å². The summed E-state index contributed by atoms with van der Waals surface area (Å²) in [7, 11) is 2.25. The van der Waals surface area contributed by atoms with Crippen molar-refractivity contribution in [3.8, 4) is 0 Å². The van der Waals surface area contributed by atoms with Crippen LogP contribution in [0.4, 0.5) is 11.4 Å². The maximum Gasteiger partial charge on any atom is 0.0552 e. The topological polar surface area (TPSA) is 3.24 Å². The first-order valence-corrected chi connectivity index (χ1v) is 13.7. The first-order chi connectivity index (χ1) is 15.2. The Morgan fingerprint density at radius 3 is 1.45 bits per heavy atom. The summed E-state index contributed by atoms with van der Waals surface area (Å²) in [6.45, 7) is 4.58. The quantitative estimate of drug-likeness (QED) is 0.270. The predicted molar refractivity (Wildman–Crippen MR) is 139 cm³/mol. The van der Waals surface area contributed by atoms with E-state index in [1.165, 1.54) is 122 Å². The summed E-state index contributed by atoms with van der Waals surface area (Å²) in [6, 6.07) is 14.3. The van der Waals surface area contributed by atoms with Crippen molar-refractivity contribution in [3.05, 3.63) is 47.5 Å². The molecule has 1 aliphatic heterocycles. The Bertz CT molecular complexity index is 732. The number of hydrogen-bond donors (Lipinski definition) is 0. The molecule has 3 rings (SSSR count). The average molecular weight is 438 g/mol. The van der Waals surface area contributed by atoms with Crippen molar-refractivity contribution in [1.82, 2.24) is 0 Å². The van der Waals surface area contributed by atoms with Gasteiger partial charge in [0.25, 0.3) is 0 Å². The summed E-state index contributed by atoms with van der Waals surface area (Å²) >= 11 is 1.94. The van der Waals surface area contributed by atoms with Gasteiger partial charge >= 0.3 is 0 Å². The first kappa shape index (κ1) is 24.2. The van der Waals surface area contributed by atoms with Gasteiger partial charge in [0.05, 0.1) is 11.4 Å². The summed E-state index contributed by atoms with van der Waals surface area (Å²) in [5.41, 5.74) is 5.76. The molecule has 0 amide bonds. The van der Waals surface area contributed by atoms with E-state index < -0.39 is 0 Å². The molecule has 2 aromatic rings. The molecule has 0 unspecified atom stereocenters. The van der Waals surface area contributed by atoms with Gasteiger partial charge in [-0.05, 0) is 61.1 Å². The third kappa shape index (κ3) is 7.31. The first-order valence-electron chi connectivity index (χ1n) is 12.9. The van der Waals surface area contributed by atoms with Gasteiger partial charge in [0.1, 0.15) is 0 Å². The van der Waals surface area contributed by atoms with Crippen molar-refractivity contribution in [1.29, 1.82) is 0 Å². The molecule has 0 aliphatic carbocycles. The van der Waals surface area contributed by atoms with Gasteiger partial charge in [0.2, 0.25) is 0 Å². The molecular weight excluding hydrogens is 394 g/mol. The summed E-state index contributed by atoms with van der Waals surface area (Å²) in [6.07, 6.45) is 18.8. The van der Waals surface area contributed by atoms with Crippen molar-refractivity contribution in [2.45, 2.75) is 114 Å². The molecule has 1 aliphatic rings. The fourth-order valence-corrected chi connectivity index (χ4v) is 5.71. The zero-order valence-electron chi connectivity index (χ0n) is 20.2. The number of fused-ring (bicyclic) bond motifs is 2. The molecule has 170 valence electrons. The minimum atomic E-state index is 1.21. The Balaban J connectivity index is 1.56. The van der Waals surface area contributed by atoms with Gasteiger partial charge in [-0.25, -0.2) is 0 Å². The number of hydrogen-bond acceptors (Lipinski definition) is 2. The third-order valence-electron chi connectivity index (χ3n) is 6.63. The lowest BCUT2D eigenvalue weighted by Crippen LogP contribution is -2.15. The van der Waals surface area contributed by atoms with Crippen LogP contribution < -0.4 is 4.90 Å². The van der Waals surface area contributed by atoms with E-state index in [9.17, 15) is 0 Å². The van der Waals surface area contributed by atoms with Crippen molar-refractivity contribution in [3.63, 3.8) is 0 Å². The van der Waals surface area contributed by atoms with Gasteiger partial charge in [-0.15, -0.1) is 0 Å². The van der Waals surface area contributed by atoms with Crippen LogP contribution in [0.25, 0.3) is 0 Å². The zero-order chi connectivity index (χ0) is 21.9. The van der Waals surface area contributed by atoms with Crippen molar-refractivity contribution >= 4 is 23.1 Å². The van der Waals surface area contributed by atoms with E-state index in [2.05, 4.69) is 62.2 Å². The molecular formula is C29H43NS. The maximum absolute atomic E-state index is 2.44. The van der Waals surface area contributed by atoms with Crippen LogP contribution in [-0.2, 0) is 12.8 Å². The van der Waals surface area contributed by atoms with E-state index in [0.29, 0.717) is 0 Å². The Hall–Kier alpha value is -1.41. The molecule has 0 atom stereocenters. The minimum absolute atomic E-state index is 1.21. The molecule has 0 saturated carbocycles. The van der Waals surface area contributed by atoms with Crippen LogP contribution in [-0.4, -0.2) is 7.05 Å². The number of benzene rings is 2. The SMILES string of the molecule is CCCCCCCCc1ccc2c(c1)N(C)c1cc(CCCCCCCC)ccc1S2. The average Bonchev–Trinajstić information content (AvgIpc) is 2.79. The van der Waals surface area contributed by atoms with Gasteiger partial charge in [0.15, 0.2) is 0 Å². The fraction of sp³-hybridized carbons (Fsp3) is 0.586. The summed E-state index contributed by atoms with van der Waals surface area (Å²) < 4.78 is 0. The molecule has 0 bridgehead atoms. The highest BCUT2D eigenvalue weighted by molar-refractivity contribution is 7.99. The van der Waals surface area contributed by atoms with E-state index in [1.54, 1.807) is 0 Å². The number of anilines is 2. The second kappa shape index (κ2) is 13.2. The highest BCUT2D eigenvalue weighted by Gasteiger charge is 2.21. The molecule has 1 nitrogen and oxygen atoms in total. The number of aryl methyl sites for hydroxylation is 2. The second-order valence-corrected chi connectivity index (χ2v) is 10.4. The number of rotatable bonds is 14. The Kier molecular flexibility index (Phi) is 10.3. The molecule has 0 N–H and O–H groups in total. The smallest absolute Gasteiger partial charge is 0.0552 e. The van der Waals surface area contributed by atoms with Crippen molar-refractivity contribution < 1.29 is 0 Å². The summed E-state index contributed by atoms with van der Waals surface area (Å²) in [5.74, 6) is 0. The van der Waals surface area contributed by atoms with Gasteiger partial charge in [-0.3, -0.25) is 0 Å². The maximum atomic E-state index is 2.44. The van der Waals surface area contributed by atoms with Gasteiger partial charge in [0, 0.05) is 16.8 Å². The van der Waals surface area contributed by atoms with E-state index in [4.69, 9.17) is 0 Å². The highest BCUT2D eigenvalue weighted by Crippen LogP contribution is 2.48. The minimum Gasteiger partial charge on any atom is -0.343 e. The van der Waals surface area contributed by atoms with E-state index in [-0.39, 0.29) is 0 Å². The second-order valence-electron chi connectivity index (χ2n) is 9.30. The van der Waals surface area contributed by atoms with Crippen molar-refractivity contribution in [2.24, 2.45) is 0 Å². The molecule has 0 spiro atoms. The zero-order valence-corrected chi connectivity index (χ0v) is 21.0. The Labute approximate surface area is 196 Å². The predicted octanol–water partition coefficient (Wildman–Crippen LogP) is 9.73. The molecule has 1 heterocycles. The van der Waals surface area contributed by atoms with Crippen LogP contribution >= 0.6 is 11.8 Å². The lowest BCUT2D eigenvalue weighted by Gasteiger charge is -2.30. The molecule has 0 saturated heterocycles. The van der Waals surface area contributed by atoms with E-state index in [0.717, 1.165) is 0 Å². The monoisotopic (exact) mass is 437 g/mol. The fourth-order valence-electron chi connectivity index (χ4n) is 4.60. The van der Waals surface area contributed by atoms with Gasteiger partial charge < -0.3 is 4.90 Å². The largest absolute Gasteiger partial charge is 0.343 e. The Morgan fingerprint density at radius 2 is 1.00 bits per heavy atom. The van der Waals surface area contributed by atoms with Gasteiger partial charge in [-0.1, -0.05) is 102 Å². The van der Waals surface area contributed by atoms with E-state index >= 15 is 0 Å². The normalized spacial score (nSPS) is 12.7. The summed E-state index contributed by atoms with van der Waals surface area (Å²) in [5, 5.41) is 0. The number of unbranched alkanes of at least 4 members (excludes halogenated alkanes) is 10. The molecule has 31 heavy (non-hydrogen) atoms. The number of nitrogens with zero attached hydrogens (tertiary/aromatic N) is 1.